The van der Waals surface area contributed by atoms with Crippen LogP contribution in [0.15, 0.2) is 24.5 Å². The first kappa shape index (κ1) is 13.1. The van der Waals surface area contributed by atoms with E-state index < -0.39 is 0 Å². The maximum Gasteiger partial charge on any atom is 0.0431 e. The fraction of sp³-hybridized carbons (Fsp3) is 0.615. The predicted octanol–water partition coefficient (Wildman–Crippen LogP) is 1.72. The molecule has 0 aliphatic heterocycles. The summed E-state index contributed by atoms with van der Waals surface area (Å²) in [5.41, 5.74) is 1.34. The highest BCUT2D eigenvalue weighted by atomic mass is 16.2. The summed E-state index contributed by atoms with van der Waals surface area (Å²) in [5, 5.41) is 8.66. The van der Waals surface area contributed by atoms with Crippen LogP contribution < -0.4 is 0 Å². The van der Waals surface area contributed by atoms with Gasteiger partial charge in [0.15, 0.2) is 0 Å². The number of nitrogens with zero attached hydrogens (tertiary/aromatic N) is 2. The molecule has 1 aromatic heterocycles. The first-order chi connectivity index (χ1) is 7.83. The Morgan fingerprint density at radius 3 is 2.56 bits per heavy atom. The van der Waals surface area contributed by atoms with Gasteiger partial charge in [0.2, 0.25) is 0 Å². The van der Waals surface area contributed by atoms with Crippen LogP contribution in [0.2, 0.25) is 0 Å². The van der Waals surface area contributed by atoms with E-state index in [0.29, 0.717) is 6.61 Å². The lowest BCUT2D eigenvalue weighted by Crippen LogP contribution is -2.22. The minimum absolute atomic E-state index is 0.320. The number of hydrogen-bond acceptors (Lipinski definition) is 3. The molecule has 0 unspecified atom stereocenters. The van der Waals surface area contributed by atoms with Crippen LogP contribution >= 0.6 is 0 Å². The third-order valence-corrected chi connectivity index (χ3v) is 2.73. The van der Waals surface area contributed by atoms with E-state index in [1.165, 1.54) is 12.0 Å². The Morgan fingerprint density at radius 1 is 1.12 bits per heavy atom. The summed E-state index contributed by atoms with van der Waals surface area (Å²) in [7, 11) is 2.15. The van der Waals surface area contributed by atoms with Crippen molar-refractivity contribution in [3.63, 3.8) is 0 Å². The third kappa shape index (κ3) is 5.83. The highest BCUT2D eigenvalue weighted by Gasteiger charge is 1.99. The molecule has 16 heavy (non-hydrogen) atoms. The molecule has 1 N–H and O–H groups in total. The van der Waals surface area contributed by atoms with Gasteiger partial charge in [-0.15, -0.1) is 0 Å². The first-order valence-electron chi connectivity index (χ1n) is 6.01. The van der Waals surface area contributed by atoms with Gasteiger partial charge in [0.05, 0.1) is 0 Å². The van der Waals surface area contributed by atoms with Gasteiger partial charge in [-0.25, -0.2) is 0 Å². The normalized spacial score (nSPS) is 10.9. The van der Waals surface area contributed by atoms with Crippen LogP contribution in [0, 0.1) is 0 Å². The van der Waals surface area contributed by atoms with Crippen LogP contribution in [-0.4, -0.2) is 41.7 Å². The number of aliphatic hydroxyl groups excluding tert-OH is 1. The minimum atomic E-state index is 0.320. The Balaban J connectivity index is 2.08. The van der Waals surface area contributed by atoms with Crippen molar-refractivity contribution in [3.05, 3.63) is 30.1 Å². The van der Waals surface area contributed by atoms with Gasteiger partial charge in [0.25, 0.3) is 0 Å². The molecule has 0 bridgehead atoms. The Labute approximate surface area is 98.1 Å². The lowest BCUT2D eigenvalue weighted by Gasteiger charge is -2.16. The Kier molecular flexibility index (Phi) is 6.77. The van der Waals surface area contributed by atoms with Gasteiger partial charge >= 0.3 is 0 Å². The van der Waals surface area contributed by atoms with Crippen LogP contribution in [0.3, 0.4) is 0 Å². The summed E-state index contributed by atoms with van der Waals surface area (Å²) in [4.78, 5) is 6.35. The zero-order chi connectivity index (χ0) is 11.6. The maximum atomic E-state index is 8.66. The van der Waals surface area contributed by atoms with Gasteiger partial charge in [-0.3, -0.25) is 4.98 Å². The fourth-order valence-corrected chi connectivity index (χ4v) is 1.65. The van der Waals surface area contributed by atoms with E-state index in [1.807, 2.05) is 12.4 Å². The van der Waals surface area contributed by atoms with Gasteiger partial charge in [0, 0.05) is 25.5 Å². The van der Waals surface area contributed by atoms with Gasteiger partial charge in [-0.1, -0.05) is 0 Å². The molecule has 0 aliphatic rings. The number of unbranched alkanes of at least 4 members (excludes halogenated alkanes) is 2. The second-order valence-corrected chi connectivity index (χ2v) is 4.19. The van der Waals surface area contributed by atoms with Crippen LogP contribution in [0.25, 0.3) is 0 Å². The molecular weight excluding hydrogens is 200 g/mol. The van der Waals surface area contributed by atoms with Crippen molar-refractivity contribution in [2.45, 2.75) is 25.7 Å². The van der Waals surface area contributed by atoms with E-state index in [1.54, 1.807) is 0 Å². The van der Waals surface area contributed by atoms with Crippen LogP contribution in [-0.2, 0) is 6.42 Å². The quantitative estimate of drug-likeness (QED) is 0.680. The molecule has 1 rings (SSSR count). The summed E-state index contributed by atoms with van der Waals surface area (Å²) in [5.74, 6) is 0. The van der Waals surface area contributed by atoms with Crippen molar-refractivity contribution in [2.24, 2.45) is 0 Å². The van der Waals surface area contributed by atoms with Crippen LogP contribution in [0.5, 0.6) is 0 Å². The van der Waals surface area contributed by atoms with Crippen molar-refractivity contribution in [1.82, 2.24) is 9.88 Å². The largest absolute Gasteiger partial charge is 0.396 e. The van der Waals surface area contributed by atoms with Crippen LogP contribution in [0.1, 0.15) is 24.8 Å². The number of likely N-dealkylation sites (N-methyl/N-ethyl adjacent to an activating group) is 1. The molecule has 0 aliphatic carbocycles. The van der Waals surface area contributed by atoms with E-state index in [4.69, 9.17) is 5.11 Å². The molecule has 0 radical (unpaired) electrons. The molecule has 1 aromatic rings. The molecule has 0 saturated heterocycles. The highest BCUT2D eigenvalue weighted by Crippen LogP contribution is 2.01. The van der Waals surface area contributed by atoms with E-state index in [2.05, 4.69) is 29.1 Å². The molecule has 3 heteroatoms. The zero-order valence-corrected chi connectivity index (χ0v) is 10.1. The average Bonchev–Trinajstić information content (AvgIpc) is 2.33. The van der Waals surface area contributed by atoms with E-state index >= 15 is 0 Å². The zero-order valence-electron chi connectivity index (χ0n) is 10.1. The number of aromatic nitrogens is 1. The number of pyridine rings is 1. The minimum Gasteiger partial charge on any atom is -0.396 e. The molecule has 90 valence electrons. The van der Waals surface area contributed by atoms with E-state index in [0.717, 1.165) is 32.4 Å². The second kappa shape index (κ2) is 8.25. The van der Waals surface area contributed by atoms with Crippen molar-refractivity contribution >= 4 is 0 Å². The smallest absolute Gasteiger partial charge is 0.0431 e. The highest BCUT2D eigenvalue weighted by molar-refractivity contribution is 5.09. The van der Waals surface area contributed by atoms with Gasteiger partial charge in [-0.05, 0) is 57.0 Å². The monoisotopic (exact) mass is 222 g/mol. The first-order valence-corrected chi connectivity index (χ1v) is 6.01. The molecule has 0 amide bonds. The summed E-state index contributed by atoms with van der Waals surface area (Å²) >= 11 is 0. The summed E-state index contributed by atoms with van der Waals surface area (Å²) in [6.07, 6.45) is 7.99. The van der Waals surface area contributed by atoms with Crippen molar-refractivity contribution in [3.8, 4) is 0 Å². The lowest BCUT2D eigenvalue weighted by molar-refractivity contribution is 0.273. The predicted molar refractivity (Wildman–Crippen MR) is 66.4 cm³/mol. The Hall–Kier alpha value is -0.930. The second-order valence-electron chi connectivity index (χ2n) is 4.19. The molecule has 0 spiro atoms. The summed E-state index contributed by atoms with van der Waals surface area (Å²) in [6.45, 7) is 2.52. The molecule has 0 aromatic carbocycles. The molecule has 0 atom stereocenters. The number of aliphatic hydroxyl groups is 1. The third-order valence-electron chi connectivity index (χ3n) is 2.73. The molecule has 0 saturated carbocycles. The lowest BCUT2D eigenvalue weighted by atomic mass is 10.2. The van der Waals surface area contributed by atoms with E-state index in [-0.39, 0.29) is 0 Å². The average molecular weight is 222 g/mol. The van der Waals surface area contributed by atoms with Gasteiger partial charge < -0.3 is 10.0 Å². The summed E-state index contributed by atoms with van der Waals surface area (Å²) < 4.78 is 0. The maximum absolute atomic E-state index is 8.66. The van der Waals surface area contributed by atoms with E-state index in [9.17, 15) is 0 Å². The number of rotatable bonds is 8. The topological polar surface area (TPSA) is 36.4 Å². The summed E-state index contributed by atoms with van der Waals surface area (Å²) in [6, 6.07) is 4.14. The Morgan fingerprint density at radius 2 is 1.88 bits per heavy atom. The van der Waals surface area contributed by atoms with Crippen LogP contribution in [0.4, 0.5) is 0 Å². The SMILES string of the molecule is CN(CCCCCO)CCc1ccncc1. The molecule has 3 nitrogen and oxygen atoms in total. The standard InChI is InChI=1S/C13H22N2O/c1-15(10-3-2-4-12-16)11-7-13-5-8-14-9-6-13/h5-6,8-9,16H,2-4,7,10-12H2,1H3. The van der Waals surface area contributed by atoms with Crippen molar-refractivity contribution in [2.75, 3.05) is 26.7 Å². The fourth-order valence-electron chi connectivity index (χ4n) is 1.65. The Bertz CT molecular complexity index is 264. The molecule has 1 heterocycles. The number of hydrogen-bond donors (Lipinski definition) is 1. The molecule has 0 fully saturated rings. The van der Waals surface area contributed by atoms with Crippen molar-refractivity contribution in [1.29, 1.82) is 0 Å². The van der Waals surface area contributed by atoms with Gasteiger partial charge in [-0.2, -0.15) is 0 Å². The molecular formula is C13H22N2O. The van der Waals surface area contributed by atoms with Crippen molar-refractivity contribution < 1.29 is 5.11 Å². The van der Waals surface area contributed by atoms with Gasteiger partial charge in [0.1, 0.15) is 0 Å².